The minimum Gasteiger partial charge on any atom is -0.465 e. The van der Waals surface area contributed by atoms with E-state index in [1.807, 2.05) is 24.9 Å². The van der Waals surface area contributed by atoms with Crippen molar-refractivity contribution < 1.29 is 8.81 Å². The van der Waals surface area contributed by atoms with Crippen LogP contribution in [0.25, 0.3) is 0 Å². The Morgan fingerprint density at radius 2 is 1.94 bits per heavy atom. The van der Waals surface area contributed by atoms with Crippen LogP contribution < -0.4 is 10.6 Å². The van der Waals surface area contributed by atoms with Gasteiger partial charge in [-0.1, -0.05) is 0 Å². The van der Waals surface area contributed by atoms with Crippen molar-refractivity contribution >= 4 is 5.69 Å². The smallest absolute Gasteiger partial charge is 0.123 e. The number of nitrogens with zero attached hydrogens (tertiary/aromatic N) is 1. The molecule has 0 fully saturated rings. The zero-order valence-electron chi connectivity index (χ0n) is 10.6. The molecule has 0 aliphatic rings. The number of nitrogens with two attached hydrogens (primary N) is 1. The summed E-state index contributed by atoms with van der Waals surface area (Å²) < 4.78 is 18.4. The van der Waals surface area contributed by atoms with E-state index in [0.29, 0.717) is 13.1 Å². The fourth-order valence-corrected chi connectivity index (χ4v) is 1.89. The molecule has 0 unspecified atom stereocenters. The predicted octanol–water partition coefficient (Wildman–Crippen LogP) is 2.82. The number of furan rings is 1. The number of hydrogen-bond acceptors (Lipinski definition) is 3. The van der Waals surface area contributed by atoms with Crippen LogP contribution >= 0.6 is 0 Å². The Balaban J connectivity index is 2.13. The maximum atomic E-state index is 12.8. The van der Waals surface area contributed by atoms with Crippen LogP contribution in [0.4, 0.5) is 10.1 Å². The normalized spacial score (nSPS) is 10.7. The molecule has 2 rings (SSSR count). The summed E-state index contributed by atoms with van der Waals surface area (Å²) in [6.45, 7) is 3.04. The van der Waals surface area contributed by atoms with Crippen LogP contribution in [0.3, 0.4) is 0 Å². The van der Waals surface area contributed by atoms with Crippen molar-refractivity contribution in [3.05, 3.63) is 53.2 Å². The van der Waals surface area contributed by atoms with E-state index >= 15 is 0 Å². The molecule has 1 heterocycles. The second-order valence-electron chi connectivity index (χ2n) is 4.33. The first-order chi connectivity index (χ1) is 8.60. The van der Waals surface area contributed by atoms with Crippen LogP contribution in [0.5, 0.6) is 0 Å². The lowest BCUT2D eigenvalue weighted by Crippen LogP contribution is -2.16. The number of anilines is 1. The molecule has 1 aromatic heterocycles. The van der Waals surface area contributed by atoms with E-state index in [-0.39, 0.29) is 5.82 Å². The van der Waals surface area contributed by atoms with E-state index in [2.05, 4.69) is 0 Å². The standard InChI is InChI=1S/C14H17FN2O/c1-10-11(7-14(8-16)18-10)9-17(2)13-5-3-12(15)4-6-13/h3-7H,8-9,16H2,1-2H3. The molecule has 1 aromatic carbocycles. The molecule has 2 N–H and O–H groups in total. The van der Waals surface area contributed by atoms with E-state index in [4.69, 9.17) is 10.2 Å². The summed E-state index contributed by atoms with van der Waals surface area (Å²) in [4.78, 5) is 2.04. The fourth-order valence-electron chi connectivity index (χ4n) is 1.89. The van der Waals surface area contributed by atoms with E-state index in [0.717, 1.165) is 22.8 Å². The van der Waals surface area contributed by atoms with Gasteiger partial charge in [-0.15, -0.1) is 0 Å². The van der Waals surface area contributed by atoms with Crippen molar-refractivity contribution in [3.63, 3.8) is 0 Å². The lowest BCUT2D eigenvalue weighted by molar-refractivity contribution is 0.482. The van der Waals surface area contributed by atoms with Crippen LogP contribution in [-0.2, 0) is 13.1 Å². The minimum absolute atomic E-state index is 0.225. The van der Waals surface area contributed by atoms with Gasteiger partial charge < -0.3 is 15.1 Å². The van der Waals surface area contributed by atoms with Crippen LogP contribution in [0, 0.1) is 12.7 Å². The average Bonchev–Trinajstić information content (AvgIpc) is 2.71. The van der Waals surface area contributed by atoms with Gasteiger partial charge in [0.15, 0.2) is 0 Å². The third-order valence-electron chi connectivity index (χ3n) is 2.95. The molecule has 3 nitrogen and oxygen atoms in total. The molecule has 0 spiro atoms. The summed E-state index contributed by atoms with van der Waals surface area (Å²) in [5.74, 6) is 1.44. The van der Waals surface area contributed by atoms with Gasteiger partial charge in [0.25, 0.3) is 0 Å². The number of halogens is 1. The Labute approximate surface area is 106 Å². The second-order valence-corrected chi connectivity index (χ2v) is 4.33. The number of hydrogen-bond donors (Lipinski definition) is 1. The fraction of sp³-hybridized carbons (Fsp3) is 0.286. The number of rotatable bonds is 4. The lowest BCUT2D eigenvalue weighted by Gasteiger charge is -2.18. The first-order valence-corrected chi connectivity index (χ1v) is 5.85. The highest BCUT2D eigenvalue weighted by molar-refractivity contribution is 5.46. The van der Waals surface area contributed by atoms with Gasteiger partial charge in [-0.25, -0.2) is 4.39 Å². The van der Waals surface area contributed by atoms with E-state index in [9.17, 15) is 4.39 Å². The molecule has 18 heavy (non-hydrogen) atoms. The summed E-state index contributed by atoms with van der Waals surface area (Å²) in [6.07, 6.45) is 0. The summed E-state index contributed by atoms with van der Waals surface area (Å²) in [5, 5.41) is 0. The largest absolute Gasteiger partial charge is 0.465 e. The minimum atomic E-state index is -0.225. The molecule has 0 atom stereocenters. The molecule has 0 aliphatic carbocycles. The zero-order valence-corrected chi connectivity index (χ0v) is 10.6. The summed E-state index contributed by atoms with van der Waals surface area (Å²) in [5.41, 5.74) is 7.61. The molecule has 0 bridgehead atoms. The van der Waals surface area contributed by atoms with E-state index in [1.54, 1.807) is 12.1 Å². The maximum Gasteiger partial charge on any atom is 0.123 e. The first-order valence-electron chi connectivity index (χ1n) is 5.85. The highest BCUT2D eigenvalue weighted by Gasteiger charge is 2.09. The molecule has 0 saturated heterocycles. The van der Waals surface area contributed by atoms with E-state index < -0.39 is 0 Å². The Kier molecular flexibility index (Phi) is 3.67. The Bertz CT molecular complexity index is 519. The van der Waals surface area contributed by atoms with Gasteiger partial charge in [-0.05, 0) is 37.3 Å². The van der Waals surface area contributed by atoms with Gasteiger partial charge in [0.1, 0.15) is 17.3 Å². The van der Waals surface area contributed by atoms with Gasteiger partial charge in [0.2, 0.25) is 0 Å². The molecule has 0 amide bonds. The highest BCUT2D eigenvalue weighted by atomic mass is 19.1. The van der Waals surface area contributed by atoms with Crippen molar-refractivity contribution in [2.45, 2.75) is 20.0 Å². The number of benzene rings is 1. The summed E-state index contributed by atoms with van der Waals surface area (Å²) in [7, 11) is 1.96. The Morgan fingerprint density at radius 1 is 1.28 bits per heavy atom. The molecule has 2 aromatic rings. The van der Waals surface area contributed by atoms with Gasteiger partial charge in [-0.2, -0.15) is 0 Å². The second kappa shape index (κ2) is 5.23. The molecule has 4 heteroatoms. The van der Waals surface area contributed by atoms with Gasteiger partial charge in [0, 0.05) is 24.8 Å². The lowest BCUT2D eigenvalue weighted by atomic mass is 10.2. The molecule has 0 aliphatic heterocycles. The average molecular weight is 248 g/mol. The van der Waals surface area contributed by atoms with Crippen molar-refractivity contribution in [1.29, 1.82) is 0 Å². The first kappa shape index (κ1) is 12.6. The molecular weight excluding hydrogens is 231 g/mol. The summed E-state index contributed by atoms with van der Waals surface area (Å²) >= 11 is 0. The zero-order chi connectivity index (χ0) is 13.1. The maximum absolute atomic E-state index is 12.8. The van der Waals surface area contributed by atoms with E-state index in [1.165, 1.54) is 12.1 Å². The third-order valence-corrected chi connectivity index (χ3v) is 2.95. The predicted molar refractivity (Wildman–Crippen MR) is 69.8 cm³/mol. The Hall–Kier alpha value is -1.81. The molecular formula is C14H17FN2O. The van der Waals surface area contributed by atoms with Crippen LogP contribution in [-0.4, -0.2) is 7.05 Å². The Morgan fingerprint density at radius 3 is 2.50 bits per heavy atom. The monoisotopic (exact) mass is 248 g/mol. The van der Waals surface area contributed by atoms with Crippen LogP contribution in [0.15, 0.2) is 34.7 Å². The molecule has 0 saturated carbocycles. The number of aryl methyl sites for hydroxylation is 1. The molecule has 96 valence electrons. The topological polar surface area (TPSA) is 42.4 Å². The van der Waals surface area contributed by atoms with Crippen LogP contribution in [0.1, 0.15) is 17.1 Å². The van der Waals surface area contributed by atoms with Crippen molar-refractivity contribution in [2.75, 3.05) is 11.9 Å². The van der Waals surface area contributed by atoms with Crippen molar-refractivity contribution in [1.82, 2.24) is 0 Å². The third kappa shape index (κ3) is 2.71. The van der Waals surface area contributed by atoms with Crippen LogP contribution in [0.2, 0.25) is 0 Å². The van der Waals surface area contributed by atoms with Crippen molar-refractivity contribution in [2.24, 2.45) is 5.73 Å². The highest BCUT2D eigenvalue weighted by Crippen LogP contribution is 2.20. The van der Waals surface area contributed by atoms with Gasteiger partial charge in [0.05, 0.1) is 6.54 Å². The van der Waals surface area contributed by atoms with Gasteiger partial charge in [-0.3, -0.25) is 0 Å². The summed E-state index contributed by atoms with van der Waals surface area (Å²) in [6, 6.07) is 8.40. The SMILES string of the molecule is Cc1oc(CN)cc1CN(C)c1ccc(F)cc1. The van der Waals surface area contributed by atoms with Crippen molar-refractivity contribution in [3.8, 4) is 0 Å². The van der Waals surface area contributed by atoms with Gasteiger partial charge >= 0.3 is 0 Å². The quantitative estimate of drug-likeness (QED) is 0.904. The molecule has 0 radical (unpaired) electrons.